The van der Waals surface area contributed by atoms with Crippen molar-refractivity contribution in [1.82, 2.24) is 9.71 Å². The van der Waals surface area contributed by atoms with E-state index in [4.69, 9.17) is 4.74 Å². The van der Waals surface area contributed by atoms with Crippen LogP contribution in [0.1, 0.15) is 12.5 Å². The lowest BCUT2D eigenvalue weighted by Crippen LogP contribution is -2.23. The molecule has 0 radical (unpaired) electrons. The zero-order valence-corrected chi connectivity index (χ0v) is 13.8. The Morgan fingerprint density at radius 3 is 2.62 bits per heavy atom. The zero-order valence-electron chi connectivity index (χ0n) is 11.4. The van der Waals surface area contributed by atoms with Gasteiger partial charge in [-0.25, -0.2) is 18.1 Å². The summed E-state index contributed by atoms with van der Waals surface area (Å²) in [6.07, 6.45) is 1.61. The molecule has 0 bridgehead atoms. The van der Waals surface area contributed by atoms with Gasteiger partial charge in [0.05, 0.1) is 11.5 Å². The largest absolute Gasteiger partial charge is 0.478 e. The van der Waals surface area contributed by atoms with Gasteiger partial charge in [-0.1, -0.05) is 22.0 Å². The van der Waals surface area contributed by atoms with Gasteiger partial charge in [-0.3, -0.25) is 0 Å². The topological polar surface area (TPSA) is 68.3 Å². The maximum atomic E-state index is 12.2. The van der Waals surface area contributed by atoms with Crippen molar-refractivity contribution in [3.05, 3.63) is 52.6 Å². The summed E-state index contributed by atoms with van der Waals surface area (Å²) in [4.78, 5) is 4.31. The maximum absolute atomic E-state index is 12.2. The number of nitrogens with one attached hydrogen (secondary N) is 1. The number of nitrogens with zero attached hydrogens (tertiary/aromatic N) is 1. The van der Waals surface area contributed by atoms with E-state index in [-0.39, 0.29) is 11.4 Å². The van der Waals surface area contributed by atoms with Crippen molar-refractivity contribution in [2.45, 2.75) is 18.4 Å². The van der Waals surface area contributed by atoms with Crippen LogP contribution in [0.2, 0.25) is 0 Å². The minimum Gasteiger partial charge on any atom is -0.478 e. The molecule has 0 amide bonds. The third kappa shape index (κ3) is 4.26. The third-order valence-corrected chi connectivity index (χ3v) is 4.65. The summed E-state index contributed by atoms with van der Waals surface area (Å²) in [5.41, 5.74) is 0.694. The lowest BCUT2D eigenvalue weighted by molar-refractivity contribution is 0.322. The first-order chi connectivity index (χ1) is 10.0. The minimum atomic E-state index is -3.56. The van der Waals surface area contributed by atoms with Crippen molar-refractivity contribution in [3.8, 4) is 5.88 Å². The highest BCUT2D eigenvalue weighted by Crippen LogP contribution is 2.17. The Kier molecular flexibility index (Phi) is 5.33. The van der Waals surface area contributed by atoms with E-state index < -0.39 is 10.0 Å². The molecule has 0 spiro atoms. The predicted molar refractivity (Wildman–Crippen MR) is 83.6 cm³/mol. The van der Waals surface area contributed by atoms with Gasteiger partial charge in [0.25, 0.3) is 0 Å². The predicted octanol–water partition coefficient (Wildman–Crippen LogP) is 2.72. The molecular formula is C14H15BrN2O3S. The first kappa shape index (κ1) is 15.9. The van der Waals surface area contributed by atoms with Gasteiger partial charge in [0.2, 0.25) is 15.9 Å². The van der Waals surface area contributed by atoms with E-state index in [1.165, 1.54) is 0 Å². The molecule has 21 heavy (non-hydrogen) atoms. The monoisotopic (exact) mass is 370 g/mol. The molecule has 1 heterocycles. The molecule has 1 N–H and O–H groups in total. The second-order valence-corrected chi connectivity index (χ2v) is 6.86. The summed E-state index contributed by atoms with van der Waals surface area (Å²) >= 11 is 3.27. The van der Waals surface area contributed by atoms with Crippen molar-refractivity contribution in [2.75, 3.05) is 6.61 Å². The number of aromatic nitrogens is 1. The van der Waals surface area contributed by atoms with Crippen LogP contribution in [0.3, 0.4) is 0 Å². The average Bonchev–Trinajstić information content (AvgIpc) is 2.47. The molecule has 0 unspecified atom stereocenters. The lowest BCUT2D eigenvalue weighted by atomic mass is 10.3. The average molecular weight is 371 g/mol. The van der Waals surface area contributed by atoms with Gasteiger partial charge in [0, 0.05) is 22.8 Å². The van der Waals surface area contributed by atoms with Crippen molar-refractivity contribution in [2.24, 2.45) is 0 Å². The Hall–Kier alpha value is -1.44. The number of rotatable bonds is 6. The van der Waals surface area contributed by atoms with Crippen molar-refractivity contribution in [3.63, 3.8) is 0 Å². The highest BCUT2D eigenvalue weighted by molar-refractivity contribution is 9.10. The molecule has 0 aliphatic rings. The lowest BCUT2D eigenvalue weighted by Gasteiger charge is -2.10. The molecule has 5 nitrogen and oxygen atoms in total. The molecule has 112 valence electrons. The van der Waals surface area contributed by atoms with E-state index >= 15 is 0 Å². The fraction of sp³-hybridized carbons (Fsp3) is 0.214. The van der Waals surface area contributed by atoms with E-state index in [2.05, 4.69) is 25.6 Å². The highest BCUT2D eigenvalue weighted by atomic mass is 79.9. The minimum absolute atomic E-state index is 0.127. The molecule has 2 aromatic rings. The van der Waals surface area contributed by atoms with Gasteiger partial charge in [-0.15, -0.1) is 0 Å². The maximum Gasteiger partial charge on any atom is 0.240 e. The van der Waals surface area contributed by atoms with Gasteiger partial charge in [-0.2, -0.15) is 0 Å². The fourth-order valence-corrected chi connectivity index (χ4v) is 2.97. The SMILES string of the molecule is CCOc1ncccc1CNS(=O)(=O)c1ccc(Br)cc1. The first-order valence-corrected chi connectivity index (χ1v) is 8.62. The Bertz CT molecular complexity index is 702. The van der Waals surface area contributed by atoms with Crippen LogP contribution in [0.5, 0.6) is 5.88 Å². The number of pyridine rings is 1. The number of hydrogen-bond donors (Lipinski definition) is 1. The van der Waals surface area contributed by atoms with Crippen molar-refractivity contribution >= 4 is 26.0 Å². The number of hydrogen-bond acceptors (Lipinski definition) is 4. The zero-order chi connectivity index (χ0) is 15.3. The van der Waals surface area contributed by atoms with Crippen LogP contribution >= 0.6 is 15.9 Å². The van der Waals surface area contributed by atoms with Crippen LogP contribution in [-0.2, 0) is 16.6 Å². The van der Waals surface area contributed by atoms with Gasteiger partial charge in [0.15, 0.2) is 0 Å². The normalized spacial score (nSPS) is 11.3. The molecule has 1 aromatic heterocycles. The van der Waals surface area contributed by atoms with E-state index in [9.17, 15) is 8.42 Å². The van der Waals surface area contributed by atoms with Crippen molar-refractivity contribution in [1.29, 1.82) is 0 Å². The molecule has 0 saturated heterocycles. The second-order valence-electron chi connectivity index (χ2n) is 4.18. The molecule has 0 fully saturated rings. The molecule has 0 atom stereocenters. The van der Waals surface area contributed by atoms with Gasteiger partial charge < -0.3 is 4.74 Å². The molecule has 2 rings (SSSR count). The molecule has 0 aliphatic carbocycles. The van der Waals surface area contributed by atoms with Crippen LogP contribution in [0, 0.1) is 0 Å². The number of halogens is 1. The van der Waals surface area contributed by atoms with Crippen LogP contribution < -0.4 is 9.46 Å². The molecule has 1 aromatic carbocycles. The number of sulfonamides is 1. The second kappa shape index (κ2) is 7.02. The van der Waals surface area contributed by atoms with E-state index in [1.807, 2.05) is 6.92 Å². The van der Waals surface area contributed by atoms with Gasteiger partial charge in [0.1, 0.15) is 0 Å². The molecule has 7 heteroatoms. The van der Waals surface area contributed by atoms with E-state index in [0.29, 0.717) is 18.1 Å². The van der Waals surface area contributed by atoms with Gasteiger partial charge >= 0.3 is 0 Å². The number of benzene rings is 1. The highest BCUT2D eigenvalue weighted by Gasteiger charge is 2.15. The summed E-state index contributed by atoms with van der Waals surface area (Å²) in [5.74, 6) is 0.443. The standard InChI is InChI=1S/C14H15BrN2O3S/c1-2-20-14-11(4-3-9-16-14)10-17-21(18,19)13-7-5-12(15)6-8-13/h3-9,17H,2,10H2,1H3. The molecule has 0 aliphatic heterocycles. The summed E-state index contributed by atoms with van der Waals surface area (Å²) in [6, 6.07) is 9.97. The van der Waals surface area contributed by atoms with E-state index in [0.717, 1.165) is 4.47 Å². The third-order valence-electron chi connectivity index (χ3n) is 2.71. The Morgan fingerprint density at radius 1 is 1.24 bits per heavy atom. The molecular weight excluding hydrogens is 356 g/mol. The Balaban J connectivity index is 2.13. The van der Waals surface area contributed by atoms with Crippen molar-refractivity contribution < 1.29 is 13.2 Å². The van der Waals surface area contributed by atoms with E-state index in [1.54, 1.807) is 42.6 Å². The van der Waals surface area contributed by atoms with Crippen LogP contribution in [-0.4, -0.2) is 20.0 Å². The summed E-state index contributed by atoms with van der Waals surface area (Å²) in [5, 5.41) is 0. The first-order valence-electron chi connectivity index (χ1n) is 6.35. The Labute approximate surface area is 132 Å². The number of ether oxygens (including phenoxy) is 1. The summed E-state index contributed by atoms with van der Waals surface area (Å²) in [6.45, 7) is 2.45. The van der Waals surface area contributed by atoms with Gasteiger partial charge in [-0.05, 0) is 37.3 Å². The smallest absolute Gasteiger partial charge is 0.240 e. The van der Waals surface area contributed by atoms with Crippen LogP contribution in [0.15, 0.2) is 52.0 Å². The van der Waals surface area contributed by atoms with Crippen LogP contribution in [0.4, 0.5) is 0 Å². The molecule has 0 saturated carbocycles. The quantitative estimate of drug-likeness (QED) is 0.848. The summed E-state index contributed by atoms with van der Waals surface area (Å²) in [7, 11) is -3.56. The van der Waals surface area contributed by atoms with Crippen LogP contribution in [0.25, 0.3) is 0 Å². The Morgan fingerprint density at radius 2 is 1.95 bits per heavy atom. The fourth-order valence-electron chi connectivity index (χ4n) is 1.70. The summed E-state index contributed by atoms with van der Waals surface area (Å²) < 4.78 is 33.1.